The Morgan fingerprint density at radius 3 is 2.52 bits per heavy atom. The molecule has 1 heterocycles. The van der Waals surface area contributed by atoms with E-state index in [1.54, 1.807) is 26.2 Å². The number of benzene rings is 1. The predicted molar refractivity (Wildman–Crippen MR) is 102 cm³/mol. The molecular formula is C18H30N4O2S. The second-order valence-corrected chi connectivity index (χ2v) is 8.86. The molecule has 1 saturated heterocycles. The lowest BCUT2D eigenvalue weighted by Gasteiger charge is -2.33. The van der Waals surface area contributed by atoms with E-state index in [1.807, 2.05) is 19.1 Å². The van der Waals surface area contributed by atoms with Crippen molar-refractivity contribution in [1.82, 2.24) is 14.5 Å². The summed E-state index contributed by atoms with van der Waals surface area (Å²) in [5.74, 6) is 1.62. The van der Waals surface area contributed by atoms with Crippen molar-refractivity contribution < 1.29 is 8.42 Å². The maximum atomic E-state index is 12.5. The number of rotatable bonds is 5. The molecule has 0 aromatic heterocycles. The molecule has 1 aromatic rings. The summed E-state index contributed by atoms with van der Waals surface area (Å²) in [6.07, 6.45) is 2.33. The van der Waals surface area contributed by atoms with Crippen LogP contribution >= 0.6 is 0 Å². The van der Waals surface area contributed by atoms with E-state index in [4.69, 9.17) is 4.99 Å². The standard InChI is InChI=1S/C18H30N4O2S/c1-5-19-18(22-12-10-15(2)11-13-22)20-14-16-8-6-7-9-17(16)25(23,24)21(3)4/h6-9,15H,5,10-14H2,1-4H3,(H,19,20). The Hall–Kier alpha value is -1.60. The Labute approximate surface area is 152 Å². The summed E-state index contributed by atoms with van der Waals surface area (Å²) in [7, 11) is -0.370. The lowest BCUT2D eigenvalue weighted by molar-refractivity contribution is 0.273. The molecule has 0 atom stereocenters. The van der Waals surface area contributed by atoms with Gasteiger partial charge in [0.1, 0.15) is 0 Å². The van der Waals surface area contributed by atoms with Gasteiger partial charge in [0.25, 0.3) is 0 Å². The topological polar surface area (TPSA) is 65.0 Å². The fraction of sp³-hybridized carbons (Fsp3) is 0.611. The molecule has 1 aliphatic rings. The molecule has 1 N–H and O–H groups in total. The molecule has 7 heteroatoms. The summed E-state index contributed by atoms with van der Waals surface area (Å²) in [6, 6.07) is 7.09. The van der Waals surface area contributed by atoms with Crippen molar-refractivity contribution in [2.24, 2.45) is 10.9 Å². The van der Waals surface area contributed by atoms with Gasteiger partial charge in [0, 0.05) is 33.7 Å². The van der Waals surface area contributed by atoms with Crippen molar-refractivity contribution in [3.63, 3.8) is 0 Å². The minimum atomic E-state index is -3.47. The molecular weight excluding hydrogens is 336 g/mol. The summed E-state index contributed by atoms with van der Waals surface area (Å²) in [6.45, 7) is 7.45. The van der Waals surface area contributed by atoms with Gasteiger partial charge >= 0.3 is 0 Å². The first-order valence-corrected chi connectivity index (χ1v) is 10.3. The first-order valence-electron chi connectivity index (χ1n) is 8.90. The molecule has 1 aliphatic heterocycles. The van der Waals surface area contributed by atoms with Crippen LogP contribution in [0.15, 0.2) is 34.2 Å². The van der Waals surface area contributed by atoms with E-state index in [-0.39, 0.29) is 0 Å². The fourth-order valence-electron chi connectivity index (χ4n) is 2.89. The van der Waals surface area contributed by atoms with E-state index in [1.165, 1.54) is 4.31 Å². The summed E-state index contributed by atoms with van der Waals surface area (Å²) < 4.78 is 26.3. The normalized spacial score (nSPS) is 17.2. The van der Waals surface area contributed by atoms with Crippen molar-refractivity contribution in [2.45, 2.75) is 38.1 Å². The number of likely N-dealkylation sites (tertiary alicyclic amines) is 1. The lowest BCUT2D eigenvalue weighted by atomic mass is 10.00. The third-order valence-corrected chi connectivity index (χ3v) is 6.46. The molecule has 1 aromatic carbocycles. The van der Waals surface area contributed by atoms with E-state index in [2.05, 4.69) is 17.1 Å². The third kappa shape index (κ3) is 4.95. The van der Waals surface area contributed by atoms with E-state index < -0.39 is 10.0 Å². The van der Waals surface area contributed by atoms with Crippen LogP contribution in [0.1, 0.15) is 32.3 Å². The Balaban J connectivity index is 2.24. The Morgan fingerprint density at radius 1 is 1.28 bits per heavy atom. The maximum Gasteiger partial charge on any atom is 0.242 e. The minimum absolute atomic E-state index is 0.326. The van der Waals surface area contributed by atoms with E-state index in [9.17, 15) is 8.42 Å². The lowest BCUT2D eigenvalue weighted by Crippen LogP contribution is -2.45. The molecule has 0 radical (unpaired) electrons. The average Bonchev–Trinajstić information content (AvgIpc) is 2.59. The van der Waals surface area contributed by atoms with Crippen LogP contribution in [0.4, 0.5) is 0 Å². The van der Waals surface area contributed by atoms with Crippen LogP contribution in [0, 0.1) is 5.92 Å². The molecule has 0 aliphatic carbocycles. The van der Waals surface area contributed by atoms with Gasteiger partial charge in [0.2, 0.25) is 10.0 Å². The smallest absolute Gasteiger partial charge is 0.242 e. The minimum Gasteiger partial charge on any atom is -0.357 e. The molecule has 0 bridgehead atoms. The van der Waals surface area contributed by atoms with Crippen LogP contribution in [0.2, 0.25) is 0 Å². The van der Waals surface area contributed by atoms with Gasteiger partial charge in [-0.25, -0.2) is 17.7 Å². The molecule has 0 amide bonds. The van der Waals surface area contributed by atoms with Gasteiger partial charge in [-0.2, -0.15) is 0 Å². The van der Waals surface area contributed by atoms with Crippen molar-refractivity contribution in [1.29, 1.82) is 0 Å². The number of nitrogens with zero attached hydrogens (tertiary/aromatic N) is 3. The summed E-state index contributed by atoms with van der Waals surface area (Å²) in [4.78, 5) is 7.31. The third-order valence-electron chi connectivity index (χ3n) is 4.55. The second kappa shape index (κ2) is 8.67. The number of nitrogens with one attached hydrogen (secondary N) is 1. The molecule has 6 nitrogen and oxygen atoms in total. The van der Waals surface area contributed by atoms with Gasteiger partial charge in [0.15, 0.2) is 5.96 Å². The molecule has 0 saturated carbocycles. The molecule has 0 spiro atoms. The van der Waals surface area contributed by atoms with Crippen LogP contribution in [0.5, 0.6) is 0 Å². The highest BCUT2D eigenvalue weighted by Crippen LogP contribution is 2.20. The first kappa shape index (κ1) is 19.7. The maximum absolute atomic E-state index is 12.5. The Bertz CT molecular complexity index is 693. The van der Waals surface area contributed by atoms with Crippen molar-refractivity contribution in [3.8, 4) is 0 Å². The van der Waals surface area contributed by atoms with Crippen LogP contribution < -0.4 is 5.32 Å². The van der Waals surface area contributed by atoms with E-state index in [0.29, 0.717) is 11.4 Å². The van der Waals surface area contributed by atoms with Crippen molar-refractivity contribution in [2.75, 3.05) is 33.7 Å². The average molecular weight is 367 g/mol. The van der Waals surface area contributed by atoms with Gasteiger partial charge in [0.05, 0.1) is 11.4 Å². The van der Waals surface area contributed by atoms with E-state index in [0.717, 1.165) is 49.9 Å². The zero-order valence-corrected chi connectivity index (χ0v) is 16.5. The Morgan fingerprint density at radius 2 is 1.92 bits per heavy atom. The number of hydrogen-bond acceptors (Lipinski definition) is 3. The van der Waals surface area contributed by atoms with Crippen LogP contribution in [0.25, 0.3) is 0 Å². The fourth-order valence-corrected chi connectivity index (χ4v) is 4.00. The van der Waals surface area contributed by atoms with Gasteiger partial charge in [-0.15, -0.1) is 0 Å². The molecule has 2 rings (SSSR count). The molecule has 1 fully saturated rings. The zero-order valence-electron chi connectivity index (χ0n) is 15.7. The Kier molecular flexibility index (Phi) is 6.84. The predicted octanol–water partition coefficient (Wildman–Crippen LogP) is 2.13. The second-order valence-electron chi connectivity index (χ2n) is 6.73. The van der Waals surface area contributed by atoms with Crippen LogP contribution in [0.3, 0.4) is 0 Å². The van der Waals surface area contributed by atoms with Gasteiger partial charge < -0.3 is 10.2 Å². The summed E-state index contributed by atoms with van der Waals surface area (Å²) in [5, 5.41) is 3.33. The monoisotopic (exact) mass is 366 g/mol. The largest absolute Gasteiger partial charge is 0.357 e. The van der Waals surface area contributed by atoms with Crippen molar-refractivity contribution in [3.05, 3.63) is 29.8 Å². The SMILES string of the molecule is CCNC(=NCc1ccccc1S(=O)(=O)N(C)C)N1CCC(C)CC1. The number of aliphatic imine (C=N–C) groups is 1. The highest BCUT2D eigenvalue weighted by molar-refractivity contribution is 7.89. The molecule has 0 unspecified atom stereocenters. The van der Waals surface area contributed by atoms with Crippen molar-refractivity contribution >= 4 is 16.0 Å². The van der Waals surface area contributed by atoms with Gasteiger partial charge in [-0.1, -0.05) is 25.1 Å². The summed E-state index contributed by atoms with van der Waals surface area (Å²) in [5.41, 5.74) is 0.719. The van der Waals surface area contributed by atoms with Crippen LogP contribution in [-0.2, 0) is 16.6 Å². The number of guanidine groups is 1. The molecule has 25 heavy (non-hydrogen) atoms. The number of sulfonamides is 1. The quantitative estimate of drug-likeness (QED) is 0.640. The number of piperidine rings is 1. The van der Waals surface area contributed by atoms with Gasteiger partial charge in [-0.3, -0.25) is 0 Å². The highest BCUT2D eigenvalue weighted by Gasteiger charge is 2.21. The molecule has 140 valence electrons. The van der Waals surface area contributed by atoms with Gasteiger partial charge in [-0.05, 0) is 37.3 Å². The van der Waals surface area contributed by atoms with Crippen LogP contribution in [-0.4, -0.2) is 57.3 Å². The summed E-state index contributed by atoms with van der Waals surface area (Å²) >= 11 is 0. The van der Waals surface area contributed by atoms with E-state index >= 15 is 0 Å². The first-order chi connectivity index (χ1) is 11.9. The highest BCUT2D eigenvalue weighted by atomic mass is 32.2. The zero-order chi connectivity index (χ0) is 18.4. The number of hydrogen-bond donors (Lipinski definition) is 1.